The molecule has 0 aliphatic carbocycles. The Bertz CT molecular complexity index is 1090. The number of nitro groups is 1. The standard InChI is InChI=1S/C17H15FN8O3S/c18-12-2-1-3-13(8-12)21-15(27)10-30-17-24-23-16(25(17)19)22-20-9-11-4-6-14(7-5-11)26(28)29/h1-9H,10,19H2,(H,21,27)(H,22,23)/b20-9+. The quantitative estimate of drug-likeness (QED) is 0.162. The molecule has 3 aromatic rings. The highest BCUT2D eigenvalue weighted by Crippen LogP contribution is 2.17. The van der Waals surface area contributed by atoms with Gasteiger partial charge >= 0.3 is 0 Å². The summed E-state index contributed by atoms with van der Waals surface area (Å²) < 4.78 is 14.3. The van der Waals surface area contributed by atoms with Crippen molar-refractivity contribution in [1.82, 2.24) is 14.9 Å². The number of benzene rings is 2. The lowest BCUT2D eigenvalue weighted by Crippen LogP contribution is -2.17. The zero-order chi connectivity index (χ0) is 21.5. The second kappa shape index (κ2) is 9.47. The lowest BCUT2D eigenvalue weighted by atomic mass is 10.2. The highest BCUT2D eigenvalue weighted by atomic mass is 32.2. The summed E-state index contributed by atoms with van der Waals surface area (Å²) in [6.07, 6.45) is 1.43. The van der Waals surface area contributed by atoms with Gasteiger partial charge in [0, 0.05) is 17.8 Å². The van der Waals surface area contributed by atoms with Crippen LogP contribution in [0.2, 0.25) is 0 Å². The highest BCUT2D eigenvalue weighted by molar-refractivity contribution is 7.99. The number of nitrogens with two attached hydrogens (primary N) is 1. The van der Waals surface area contributed by atoms with Crippen LogP contribution in [0, 0.1) is 15.9 Å². The molecule has 0 spiro atoms. The summed E-state index contributed by atoms with van der Waals surface area (Å²) in [6, 6.07) is 11.3. The molecule has 0 saturated carbocycles. The molecule has 0 aliphatic heterocycles. The Morgan fingerprint density at radius 1 is 1.30 bits per heavy atom. The van der Waals surface area contributed by atoms with Crippen molar-refractivity contribution in [2.24, 2.45) is 5.10 Å². The van der Waals surface area contributed by atoms with Gasteiger partial charge in [-0.2, -0.15) is 5.10 Å². The van der Waals surface area contributed by atoms with Crippen molar-refractivity contribution in [1.29, 1.82) is 0 Å². The van der Waals surface area contributed by atoms with Crippen molar-refractivity contribution in [3.63, 3.8) is 0 Å². The van der Waals surface area contributed by atoms with E-state index in [9.17, 15) is 19.3 Å². The monoisotopic (exact) mass is 430 g/mol. The maximum absolute atomic E-state index is 13.1. The molecule has 0 fully saturated rings. The Kier molecular flexibility index (Phi) is 6.54. The summed E-state index contributed by atoms with van der Waals surface area (Å²) in [5.41, 5.74) is 3.54. The molecule has 0 radical (unpaired) electrons. The van der Waals surface area contributed by atoms with Gasteiger partial charge in [0.05, 0.1) is 16.9 Å². The lowest BCUT2D eigenvalue weighted by molar-refractivity contribution is -0.384. The van der Waals surface area contributed by atoms with E-state index in [1.54, 1.807) is 6.07 Å². The first-order valence-electron chi connectivity index (χ1n) is 8.34. The summed E-state index contributed by atoms with van der Waals surface area (Å²) in [5.74, 6) is 5.17. The van der Waals surface area contributed by atoms with Gasteiger partial charge in [-0.3, -0.25) is 14.9 Å². The van der Waals surface area contributed by atoms with Crippen molar-refractivity contribution >= 4 is 41.2 Å². The molecule has 0 atom stereocenters. The van der Waals surface area contributed by atoms with Crippen molar-refractivity contribution < 1.29 is 14.1 Å². The van der Waals surface area contributed by atoms with Gasteiger partial charge in [0.1, 0.15) is 5.82 Å². The number of hydrogen-bond acceptors (Lipinski definition) is 9. The number of anilines is 2. The number of nitrogens with zero attached hydrogens (tertiary/aromatic N) is 5. The summed E-state index contributed by atoms with van der Waals surface area (Å²) in [4.78, 5) is 22.1. The van der Waals surface area contributed by atoms with Crippen molar-refractivity contribution in [2.45, 2.75) is 5.16 Å². The lowest BCUT2D eigenvalue weighted by Gasteiger charge is -2.05. The van der Waals surface area contributed by atoms with E-state index in [1.807, 2.05) is 0 Å². The molecular formula is C17H15FN8O3S. The average molecular weight is 430 g/mol. The van der Waals surface area contributed by atoms with Gasteiger partial charge in [-0.15, -0.1) is 10.2 Å². The van der Waals surface area contributed by atoms with E-state index in [-0.39, 0.29) is 28.5 Å². The number of aromatic nitrogens is 3. The Labute approximate surface area is 173 Å². The molecule has 2 aromatic carbocycles. The summed E-state index contributed by atoms with van der Waals surface area (Å²) in [6.45, 7) is 0. The van der Waals surface area contributed by atoms with Crippen LogP contribution in [0.4, 0.5) is 21.7 Å². The van der Waals surface area contributed by atoms with Crippen molar-refractivity contribution in [3.8, 4) is 0 Å². The van der Waals surface area contributed by atoms with E-state index < -0.39 is 10.7 Å². The van der Waals surface area contributed by atoms with Gasteiger partial charge in [0.25, 0.3) is 11.6 Å². The van der Waals surface area contributed by atoms with Crippen molar-refractivity contribution in [2.75, 3.05) is 22.3 Å². The fraction of sp³-hybridized carbons (Fsp3) is 0.0588. The fourth-order valence-corrected chi connectivity index (χ4v) is 2.85. The molecule has 30 heavy (non-hydrogen) atoms. The van der Waals surface area contributed by atoms with Gasteiger partial charge in [0.2, 0.25) is 11.1 Å². The van der Waals surface area contributed by atoms with Crippen LogP contribution in [0.3, 0.4) is 0 Å². The first kappa shape index (κ1) is 20.7. The SMILES string of the molecule is Nn1c(N/N=C/c2ccc([N+](=O)[O-])cc2)nnc1SCC(=O)Nc1cccc(F)c1. The number of nitro benzene ring substituents is 1. The Balaban J connectivity index is 1.52. The number of halogens is 1. The van der Waals surface area contributed by atoms with E-state index in [1.165, 1.54) is 48.7 Å². The number of hydrogen-bond donors (Lipinski definition) is 3. The first-order valence-corrected chi connectivity index (χ1v) is 9.33. The van der Waals surface area contributed by atoms with Crippen molar-refractivity contribution in [3.05, 3.63) is 70.0 Å². The molecule has 0 unspecified atom stereocenters. The van der Waals surface area contributed by atoms with E-state index in [0.29, 0.717) is 11.3 Å². The number of nitrogens with one attached hydrogen (secondary N) is 2. The largest absolute Gasteiger partial charge is 0.334 e. The van der Waals surface area contributed by atoms with Crippen LogP contribution >= 0.6 is 11.8 Å². The molecule has 0 aliphatic rings. The highest BCUT2D eigenvalue weighted by Gasteiger charge is 2.12. The number of hydrazone groups is 1. The minimum absolute atomic E-state index is 0.0160. The number of carbonyl (C=O) groups excluding carboxylic acids is 1. The summed E-state index contributed by atoms with van der Waals surface area (Å²) in [5, 5.41) is 25.1. The predicted octanol–water partition coefficient (Wildman–Crippen LogP) is 2.22. The minimum atomic E-state index is -0.492. The Morgan fingerprint density at radius 2 is 2.07 bits per heavy atom. The van der Waals surface area contributed by atoms with Crippen LogP contribution in [0.1, 0.15) is 5.56 Å². The van der Waals surface area contributed by atoms with Gasteiger partial charge in [-0.1, -0.05) is 17.8 Å². The zero-order valence-corrected chi connectivity index (χ0v) is 16.0. The molecule has 13 heteroatoms. The van der Waals surface area contributed by atoms with E-state index in [2.05, 4.69) is 26.0 Å². The second-order valence-electron chi connectivity index (χ2n) is 5.74. The van der Waals surface area contributed by atoms with Crippen LogP contribution in [-0.2, 0) is 4.79 Å². The topological polar surface area (TPSA) is 153 Å². The maximum Gasteiger partial charge on any atom is 0.269 e. The number of thioether (sulfide) groups is 1. The molecule has 1 heterocycles. The minimum Gasteiger partial charge on any atom is -0.334 e. The molecule has 3 rings (SSSR count). The molecule has 4 N–H and O–H groups in total. The number of non-ortho nitro benzene ring substituents is 1. The molecule has 154 valence electrons. The van der Waals surface area contributed by atoms with E-state index in [0.717, 1.165) is 16.4 Å². The molecule has 0 bridgehead atoms. The Morgan fingerprint density at radius 3 is 2.77 bits per heavy atom. The number of nitrogen functional groups attached to an aromatic ring is 1. The van der Waals surface area contributed by atoms with Gasteiger partial charge in [-0.05, 0) is 35.9 Å². The van der Waals surface area contributed by atoms with Gasteiger partial charge in [-0.25, -0.2) is 14.5 Å². The fourth-order valence-electron chi connectivity index (χ4n) is 2.19. The predicted molar refractivity (Wildman–Crippen MR) is 110 cm³/mol. The van der Waals surface area contributed by atoms with E-state index >= 15 is 0 Å². The summed E-state index contributed by atoms with van der Waals surface area (Å²) in [7, 11) is 0. The molecule has 0 saturated heterocycles. The number of carbonyl (C=O) groups is 1. The van der Waals surface area contributed by atoms with Gasteiger partial charge in [0.15, 0.2) is 0 Å². The van der Waals surface area contributed by atoms with Crippen LogP contribution in [0.5, 0.6) is 0 Å². The average Bonchev–Trinajstić information content (AvgIpc) is 3.06. The zero-order valence-electron chi connectivity index (χ0n) is 15.2. The van der Waals surface area contributed by atoms with Crippen LogP contribution in [-0.4, -0.2) is 37.7 Å². The molecular weight excluding hydrogens is 415 g/mol. The first-order chi connectivity index (χ1) is 14.4. The molecule has 1 aromatic heterocycles. The van der Waals surface area contributed by atoms with E-state index in [4.69, 9.17) is 5.84 Å². The smallest absolute Gasteiger partial charge is 0.269 e. The summed E-state index contributed by atoms with van der Waals surface area (Å²) >= 11 is 1.04. The number of rotatable bonds is 8. The van der Waals surface area contributed by atoms with Gasteiger partial charge < -0.3 is 11.2 Å². The maximum atomic E-state index is 13.1. The normalized spacial score (nSPS) is 10.8. The van der Waals surface area contributed by atoms with Crippen LogP contribution in [0.15, 0.2) is 58.8 Å². The molecule has 11 nitrogen and oxygen atoms in total. The second-order valence-corrected chi connectivity index (χ2v) is 6.68. The number of amides is 1. The third kappa shape index (κ3) is 5.51. The third-order valence-electron chi connectivity index (χ3n) is 3.59. The molecule has 1 amide bonds. The van der Waals surface area contributed by atoms with Crippen LogP contribution < -0.4 is 16.6 Å². The third-order valence-corrected chi connectivity index (χ3v) is 4.53. The Hall–Kier alpha value is -4.00. The van der Waals surface area contributed by atoms with Crippen LogP contribution in [0.25, 0.3) is 0 Å².